The van der Waals surface area contributed by atoms with Gasteiger partial charge in [-0.2, -0.15) is 5.10 Å². The molecular weight excluding hydrogens is 344 g/mol. The van der Waals surface area contributed by atoms with Gasteiger partial charge in [-0.1, -0.05) is 13.8 Å². The van der Waals surface area contributed by atoms with E-state index in [0.29, 0.717) is 36.9 Å². The number of H-pyrrole nitrogens is 1. The molecule has 3 saturated heterocycles. The lowest BCUT2D eigenvalue weighted by molar-refractivity contribution is 0.0568. The number of nitrogens with zero attached hydrogens (tertiary/aromatic N) is 5. The fraction of sp³-hybridized carbons (Fsp3) is 0.526. The van der Waals surface area contributed by atoms with Crippen molar-refractivity contribution in [2.45, 2.75) is 38.6 Å². The van der Waals surface area contributed by atoms with Gasteiger partial charge in [0.25, 0.3) is 11.8 Å². The van der Waals surface area contributed by atoms with Crippen molar-refractivity contribution in [3.63, 3.8) is 0 Å². The highest BCUT2D eigenvalue weighted by Gasteiger charge is 2.39. The molecule has 27 heavy (non-hydrogen) atoms. The summed E-state index contributed by atoms with van der Waals surface area (Å²) in [6.07, 6.45) is 6.51. The Balaban J connectivity index is 1.52. The fourth-order valence-corrected chi connectivity index (χ4v) is 3.96. The highest BCUT2D eigenvalue weighted by atomic mass is 16.2. The zero-order valence-electron chi connectivity index (χ0n) is 15.6. The molecule has 0 radical (unpaired) electrons. The van der Waals surface area contributed by atoms with Crippen LogP contribution in [-0.2, 0) is 0 Å². The summed E-state index contributed by atoms with van der Waals surface area (Å²) in [5.74, 6) is 0.398. The summed E-state index contributed by atoms with van der Waals surface area (Å²) in [7, 11) is 0. The largest absolute Gasteiger partial charge is 0.335 e. The lowest BCUT2D eigenvalue weighted by Gasteiger charge is -2.35. The number of carbonyl (C=O) groups is 2. The average molecular weight is 368 g/mol. The van der Waals surface area contributed by atoms with Crippen LogP contribution in [0.25, 0.3) is 0 Å². The third-order valence-corrected chi connectivity index (χ3v) is 5.48. The van der Waals surface area contributed by atoms with Gasteiger partial charge in [-0.3, -0.25) is 19.7 Å². The van der Waals surface area contributed by atoms with Crippen LogP contribution in [0.3, 0.4) is 0 Å². The van der Waals surface area contributed by atoms with Crippen LogP contribution in [0.5, 0.6) is 0 Å². The maximum Gasteiger partial charge on any atom is 0.274 e. The molecule has 0 unspecified atom stereocenters. The molecule has 3 fully saturated rings. The molecule has 0 saturated carbocycles. The summed E-state index contributed by atoms with van der Waals surface area (Å²) < 4.78 is 0. The number of carbonyl (C=O) groups excluding carboxylic acids is 2. The monoisotopic (exact) mass is 368 g/mol. The molecule has 5 rings (SSSR count). The van der Waals surface area contributed by atoms with E-state index in [1.54, 1.807) is 6.20 Å². The number of nitrogens with one attached hydrogen (secondary N) is 1. The first-order chi connectivity index (χ1) is 13.0. The van der Waals surface area contributed by atoms with Crippen molar-refractivity contribution in [3.8, 4) is 0 Å². The second kappa shape index (κ2) is 7.09. The van der Waals surface area contributed by atoms with Crippen LogP contribution in [0, 0.1) is 5.92 Å². The standard InChI is InChI=1S/C19H24N6O2/c1-12(2)15-7-16(23-22-15)19(27)25-10-13-3-4-14(25)11-24(9-13)18(26)17-8-20-5-6-21-17/h5-8,12-14H,3-4,9-11H2,1-2H3,(H,22,23)/t13-,14+/m0/s1. The van der Waals surface area contributed by atoms with E-state index in [1.807, 2.05) is 15.9 Å². The van der Waals surface area contributed by atoms with Crippen LogP contribution in [0.1, 0.15) is 59.3 Å². The molecule has 2 bridgehead atoms. The number of fused-ring (bicyclic) bond motifs is 4. The van der Waals surface area contributed by atoms with Gasteiger partial charge in [0.1, 0.15) is 11.4 Å². The first-order valence-corrected chi connectivity index (χ1v) is 9.44. The summed E-state index contributed by atoms with van der Waals surface area (Å²) in [6.45, 7) is 5.96. The predicted molar refractivity (Wildman–Crippen MR) is 98.2 cm³/mol. The maximum absolute atomic E-state index is 13.0. The van der Waals surface area contributed by atoms with Gasteiger partial charge in [0, 0.05) is 43.8 Å². The second-order valence-electron chi connectivity index (χ2n) is 7.72. The maximum atomic E-state index is 13.0. The number of aromatic amines is 1. The van der Waals surface area contributed by atoms with Crippen LogP contribution in [0.2, 0.25) is 0 Å². The van der Waals surface area contributed by atoms with Crippen molar-refractivity contribution in [2.75, 3.05) is 19.6 Å². The fourth-order valence-electron chi connectivity index (χ4n) is 3.96. The highest BCUT2D eigenvalue weighted by Crippen LogP contribution is 2.30. The number of hydrogen-bond acceptors (Lipinski definition) is 5. The summed E-state index contributed by atoms with van der Waals surface area (Å²) in [4.78, 5) is 37.7. The number of rotatable bonds is 3. The first-order valence-electron chi connectivity index (χ1n) is 9.44. The van der Waals surface area contributed by atoms with Gasteiger partial charge >= 0.3 is 0 Å². The molecule has 3 aliphatic rings. The molecule has 2 aromatic rings. The average Bonchev–Trinajstić information content (AvgIpc) is 3.01. The van der Waals surface area contributed by atoms with E-state index in [0.717, 1.165) is 18.5 Å². The van der Waals surface area contributed by atoms with Gasteiger partial charge in [-0.05, 0) is 30.7 Å². The van der Waals surface area contributed by atoms with Gasteiger partial charge in [0.2, 0.25) is 0 Å². The van der Waals surface area contributed by atoms with Crippen LogP contribution < -0.4 is 0 Å². The molecule has 2 atom stereocenters. The van der Waals surface area contributed by atoms with Crippen molar-refractivity contribution in [3.05, 3.63) is 41.7 Å². The van der Waals surface area contributed by atoms with Crippen molar-refractivity contribution in [1.82, 2.24) is 30.0 Å². The summed E-state index contributed by atoms with van der Waals surface area (Å²) in [5.41, 5.74) is 1.77. The Hall–Kier alpha value is -2.77. The molecule has 142 valence electrons. The third-order valence-electron chi connectivity index (χ3n) is 5.48. The molecule has 3 aliphatic heterocycles. The Morgan fingerprint density at radius 3 is 2.67 bits per heavy atom. The van der Waals surface area contributed by atoms with E-state index >= 15 is 0 Å². The van der Waals surface area contributed by atoms with Crippen LogP contribution in [0.15, 0.2) is 24.7 Å². The van der Waals surface area contributed by atoms with E-state index in [1.165, 1.54) is 12.4 Å². The van der Waals surface area contributed by atoms with Crippen molar-refractivity contribution >= 4 is 11.8 Å². The van der Waals surface area contributed by atoms with Gasteiger partial charge in [-0.25, -0.2) is 4.98 Å². The lowest BCUT2D eigenvalue weighted by Crippen LogP contribution is -2.47. The Morgan fingerprint density at radius 2 is 1.96 bits per heavy atom. The van der Waals surface area contributed by atoms with Gasteiger partial charge in [0.15, 0.2) is 0 Å². The minimum atomic E-state index is -0.115. The smallest absolute Gasteiger partial charge is 0.274 e. The summed E-state index contributed by atoms with van der Waals surface area (Å²) in [5, 5.41) is 7.17. The van der Waals surface area contributed by atoms with Crippen molar-refractivity contribution in [2.24, 2.45) is 5.92 Å². The molecule has 8 nitrogen and oxygen atoms in total. The Kier molecular flexibility index (Phi) is 4.63. The zero-order valence-corrected chi connectivity index (χ0v) is 15.6. The van der Waals surface area contributed by atoms with Gasteiger partial charge < -0.3 is 9.80 Å². The van der Waals surface area contributed by atoms with Crippen LogP contribution >= 0.6 is 0 Å². The van der Waals surface area contributed by atoms with Crippen LogP contribution in [0.4, 0.5) is 0 Å². The SMILES string of the molecule is CC(C)c1cc(C(=O)N2C[C@H]3CC[C@@H]2CN(C(=O)c2cnccn2)C3)n[nH]1. The van der Waals surface area contributed by atoms with E-state index in [4.69, 9.17) is 0 Å². The topological polar surface area (TPSA) is 95.1 Å². The first kappa shape index (κ1) is 17.6. The van der Waals surface area contributed by atoms with E-state index in [-0.39, 0.29) is 23.8 Å². The number of hydrogen-bond donors (Lipinski definition) is 1. The minimum Gasteiger partial charge on any atom is -0.335 e. The molecule has 5 heterocycles. The van der Waals surface area contributed by atoms with Gasteiger partial charge in [-0.15, -0.1) is 0 Å². The van der Waals surface area contributed by atoms with Gasteiger partial charge in [0.05, 0.1) is 6.20 Å². The minimum absolute atomic E-state index is 0.0103. The Bertz CT molecular complexity index is 834. The number of amides is 2. The van der Waals surface area contributed by atoms with E-state index in [9.17, 15) is 9.59 Å². The quantitative estimate of drug-likeness (QED) is 0.890. The molecule has 2 aromatic heterocycles. The normalized spacial score (nSPS) is 22.2. The summed E-state index contributed by atoms with van der Waals surface area (Å²) in [6, 6.07) is 1.85. The molecule has 2 amide bonds. The third kappa shape index (κ3) is 3.43. The molecule has 8 heteroatoms. The Labute approximate surface area is 158 Å². The Morgan fingerprint density at radius 1 is 1.11 bits per heavy atom. The predicted octanol–water partition coefficient (Wildman–Crippen LogP) is 1.70. The number of aromatic nitrogens is 4. The van der Waals surface area contributed by atoms with Crippen molar-refractivity contribution in [1.29, 1.82) is 0 Å². The molecule has 0 aromatic carbocycles. The van der Waals surface area contributed by atoms with Crippen LogP contribution in [-0.4, -0.2) is 67.5 Å². The van der Waals surface area contributed by atoms with Crippen molar-refractivity contribution < 1.29 is 9.59 Å². The molecular formula is C19H24N6O2. The zero-order chi connectivity index (χ0) is 19.0. The number of piperidine rings is 1. The van der Waals surface area contributed by atoms with E-state index < -0.39 is 0 Å². The molecule has 0 aliphatic carbocycles. The van der Waals surface area contributed by atoms with E-state index in [2.05, 4.69) is 34.0 Å². The molecule has 0 spiro atoms. The second-order valence-corrected chi connectivity index (χ2v) is 7.72. The highest BCUT2D eigenvalue weighted by molar-refractivity contribution is 5.94. The summed E-state index contributed by atoms with van der Waals surface area (Å²) >= 11 is 0. The molecule has 1 N–H and O–H groups in total. The lowest BCUT2D eigenvalue weighted by atomic mass is 9.94.